The fourth-order valence-corrected chi connectivity index (χ4v) is 2.82. The molecule has 1 aliphatic rings. The van der Waals surface area contributed by atoms with E-state index in [4.69, 9.17) is 21.1 Å². The molecule has 1 aromatic carbocycles. The average molecular weight is 330 g/mol. The summed E-state index contributed by atoms with van der Waals surface area (Å²) in [6.07, 6.45) is 0.164. The van der Waals surface area contributed by atoms with Gasteiger partial charge in [-0.3, -0.25) is 0 Å². The van der Waals surface area contributed by atoms with Gasteiger partial charge in [0.05, 0.1) is 6.54 Å². The standard InChI is InChI=1S/C16H21ClFNO3/c1-15(2,3)22-14(20)19-6-5-16(10-19,21-4)11-7-12(17)9-13(18)8-11/h7-9H,5-6,10H2,1-4H3. The minimum Gasteiger partial charge on any atom is -0.444 e. The zero-order valence-electron chi connectivity index (χ0n) is 13.3. The minimum absolute atomic E-state index is 0.304. The molecule has 0 N–H and O–H groups in total. The monoisotopic (exact) mass is 329 g/mol. The van der Waals surface area contributed by atoms with E-state index in [1.165, 1.54) is 12.1 Å². The first kappa shape index (κ1) is 17.0. The van der Waals surface area contributed by atoms with Crippen LogP contribution in [-0.4, -0.2) is 36.8 Å². The normalized spacial score (nSPS) is 22.0. The van der Waals surface area contributed by atoms with Crippen molar-refractivity contribution in [3.63, 3.8) is 0 Å². The molecule has 1 amide bonds. The van der Waals surface area contributed by atoms with Crippen LogP contribution in [0.15, 0.2) is 18.2 Å². The topological polar surface area (TPSA) is 38.8 Å². The summed E-state index contributed by atoms with van der Waals surface area (Å²) in [6, 6.07) is 4.32. The summed E-state index contributed by atoms with van der Waals surface area (Å²) < 4.78 is 24.6. The summed E-state index contributed by atoms with van der Waals surface area (Å²) in [6.45, 7) is 6.24. The lowest BCUT2D eigenvalue weighted by Crippen LogP contribution is -2.39. The first-order valence-corrected chi connectivity index (χ1v) is 7.53. The van der Waals surface area contributed by atoms with Crippen LogP contribution in [0.4, 0.5) is 9.18 Å². The molecule has 0 spiro atoms. The average Bonchev–Trinajstić information content (AvgIpc) is 2.81. The number of benzene rings is 1. The van der Waals surface area contributed by atoms with Crippen molar-refractivity contribution in [1.82, 2.24) is 4.90 Å². The third-order valence-corrected chi connectivity index (χ3v) is 3.88. The van der Waals surface area contributed by atoms with Crippen molar-refractivity contribution in [3.8, 4) is 0 Å². The van der Waals surface area contributed by atoms with Crippen molar-refractivity contribution in [1.29, 1.82) is 0 Å². The van der Waals surface area contributed by atoms with Gasteiger partial charge in [-0.25, -0.2) is 9.18 Å². The first-order valence-electron chi connectivity index (χ1n) is 7.15. The second-order valence-corrected chi connectivity index (χ2v) is 6.94. The Balaban J connectivity index is 2.21. The van der Waals surface area contributed by atoms with Gasteiger partial charge >= 0.3 is 6.09 Å². The van der Waals surface area contributed by atoms with Gasteiger partial charge in [-0.05, 0) is 44.5 Å². The maximum absolute atomic E-state index is 13.6. The van der Waals surface area contributed by atoms with E-state index in [0.29, 0.717) is 30.1 Å². The number of likely N-dealkylation sites (tertiary alicyclic amines) is 1. The molecule has 1 atom stereocenters. The molecular weight excluding hydrogens is 309 g/mol. The predicted molar refractivity (Wildman–Crippen MR) is 82.5 cm³/mol. The zero-order chi connectivity index (χ0) is 16.5. The van der Waals surface area contributed by atoms with Crippen molar-refractivity contribution in [3.05, 3.63) is 34.6 Å². The number of ether oxygens (including phenoxy) is 2. The van der Waals surface area contributed by atoms with Gasteiger partial charge < -0.3 is 14.4 Å². The Morgan fingerprint density at radius 2 is 2.05 bits per heavy atom. The van der Waals surface area contributed by atoms with Crippen LogP contribution >= 0.6 is 11.6 Å². The van der Waals surface area contributed by atoms with Gasteiger partial charge in [-0.15, -0.1) is 0 Å². The van der Waals surface area contributed by atoms with E-state index >= 15 is 0 Å². The van der Waals surface area contributed by atoms with Crippen LogP contribution in [0.3, 0.4) is 0 Å². The molecule has 1 aromatic rings. The van der Waals surface area contributed by atoms with Crippen LogP contribution < -0.4 is 0 Å². The maximum atomic E-state index is 13.6. The second kappa shape index (κ2) is 6.05. The number of hydrogen-bond acceptors (Lipinski definition) is 3. The molecule has 0 radical (unpaired) electrons. The molecule has 1 saturated heterocycles. The van der Waals surface area contributed by atoms with Crippen molar-refractivity contribution in [2.75, 3.05) is 20.2 Å². The summed E-state index contributed by atoms with van der Waals surface area (Å²) in [5.41, 5.74) is -0.689. The summed E-state index contributed by atoms with van der Waals surface area (Å²) in [5, 5.41) is 0.308. The molecule has 2 rings (SSSR count). The summed E-state index contributed by atoms with van der Waals surface area (Å²) in [7, 11) is 1.55. The molecule has 4 nitrogen and oxygen atoms in total. The van der Waals surface area contributed by atoms with E-state index in [9.17, 15) is 9.18 Å². The Hall–Kier alpha value is -1.33. The first-order chi connectivity index (χ1) is 10.1. The molecule has 6 heteroatoms. The highest BCUT2D eigenvalue weighted by Gasteiger charge is 2.43. The lowest BCUT2D eigenvalue weighted by atomic mass is 9.92. The van der Waals surface area contributed by atoms with Crippen LogP contribution in [0.5, 0.6) is 0 Å². The summed E-state index contributed by atoms with van der Waals surface area (Å²) in [5.74, 6) is -0.422. The predicted octanol–water partition coefficient (Wildman–Crippen LogP) is 3.96. The van der Waals surface area contributed by atoms with E-state index in [2.05, 4.69) is 0 Å². The van der Waals surface area contributed by atoms with Gasteiger partial charge in [0.15, 0.2) is 0 Å². The van der Waals surface area contributed by atoms with Gasteiger partial charge in [0.1, 0.15) is 17.0 Å². The molecule has 0 aliphatic carbocycles. The minimum atomic E-state index is -0.761. The van der Waals surface area contributed by atoms with Crippen LogP contribution in [0, 0.1) is 5.82 Å². The smallest absolute Gasteiger partial charge is 0.410 e. The van der Waals surface area contributed by atoms with Gasteiger partial charge in [-0.2, -0.15) is 0 Å². The van der Waals surface area contributed by atoms with Gasteiger partial charge in [0, 0.05) is 25.1 Å². The number of amides is 1. The maximum Gasteiger partial charge on any atom is 0.410 e. The number of carbonyl (C=O) groups excluding carboxylic acids is 1. The molecular formula is C16H21ClFNO3. The summed E-state index contributed by atoms with van der Waals surface area (Å²) in [4.78, 5) is 13.8. The zero-order valence-corrected chi connectivity index (χ0v) is 14.0. The Kier molecular flexibility index (Phi) is 4.68. The molecule has 22 heavy (non-hydrogen) atoms. The van der Waals surface area contributed by atoms with Crippen molar-refractivity contribution in [2.24, 2.45) is 0 Å². The van der Waals surface area contributed by atoms with Gasteiger partial charge in [0.25, 0.3) is 0 Å². The Morgan fingerprint density at radius 1 is 1.36 bits per heavy atom. The van der Waals surface area contributed by atoms with E-state index in [0.717, 1.165) is 0 Å². The van der Waals surface area contributed by atoms with Crippen LogP contribution in [0.1, 0.15) is 32.8 Å². The van der Waals surface area contributed by atoms with Crippen LogP contribution in [0.2, 0.25) is 5.02 Å². The molecule has 1 aliphatic heterocycles. The van der Waals surface area contributed by atoms with E-state index in [1.807, 2.05) is 20.8 Å². The number of methoxy groups -OCH3 is 1. The molecule has 122 valence electrons. The lowest BCUT2D eigenvalue weighted by molar-refractivity contribution is -0.0132. The Labute approximate surface area is 135 Å². The molecule has 1 unspecified atom stereocenters. The van der Waals surface area contributed by atoms with E-state index in [-0.39, 0.29) is 0 Å². The Bertz CT molecular complexity index is 553. The Morgan fingerprint density at radius 3 is 2.59 bits per heavy atom. The van der Waals surface area contributed by atoms with Crippen molar-refractivity contribution >= 4 is 17.7 Å². The molecule has 1 fully saturated rings. The molecule has 0 bridgehead atoms. The lowest BCUT2D eigenvalue weighted by Gasteiger charge is -2.29. The number of nitrogens with zero attached hydrogens (tertiary/aromatic N) is 1. The van der Waals surface area contributed by atoms with Crippen LogP contribution in [0.25, 0.3) is 0 Å². The largest absolute Gasteiger partial charge is 0.444 e. The quantitative estimate of drug-likeness (QED) is 0.824. The third-order valence-electron chi connectivity index (χ3n) is 3.66. The molecule has 1 heterocycles. The van der Waals surface area contributed by atoms with E-state index in [1.54, 1.807) is 18.1 Å². The highest BCUT2D eigenvalue weighted by molar-refractivity contribution is 6.30. The van der Waals surface area contributed by atoms with E-state index < -0.39 is 23.1 Å². The fraction of sp³-hybridized carbons (Fsp3) is 0.562. The van der Waals surface area contributed by atoms with Crippen molar-refractivity contribution < 1.29 is 18.7 Å². The SMILES string of the molecule is COC1(c2cc(F)cc(Cl)c2)CCN(C(=O)OC(C)(C)C)C1. The van der Waals surface area contributed by atoms with Gasteiger partial charge in [-0.1, -0.05) is 11.6 Å². The number of rotatable bonds is 2. The van der Waals surface area contributed by atoms with Crippen LogP contribution in [-0.2, 0) is 15.1 Å². The second-order valence-electron chi connectivity index (χ2n) is 6.51. The summed E-state index contributed by atoms with van der Waals surface area (Å²) >= 11 is 5.93. The number of halogens is 2. The highest BCUT2D eigenvalue weighted by atomic mass is 35.5. The fourth-order valence-electron chi connectivity index (χ4n) is 2.60. The number of carbonyl (C=O) groups is 1. The van der Waals surface area contributed by atoms with Crippen molar-refractivity contribution in [2.45, 2.75) is 38.4 Å². The molecule has 0 saturated carbocycles. The third kappa shape index (κ3) is 3.70. The highest BCUT2D eigenvalue weighted by Crippen LogP contribution is 2.37. The van der Waals surface area contributed by atoms with Gasteiger partial charge in [0.2, 0.25) is 0 Å². The molecule has 0 aromatic heterocycles. The number of hydrogen-bond donors (Lipinski definition) is 0.